The van der Waals surface area contributed by atoms with Gasteiger partial charge in [-0.15, -0.1) is 0 Å². The van der Waals surface area contributed by atoms with Crippen molar-refractivity contribution in [3.8, 4) is 5.69 Å². The SMILES string of the molecule is Cc1ccc(-n2nc(C(=O)N3CCNC[C@@H]3C)c3c2CCC3)cc1. The van der Waals surface area contributed by atoms with Gasteiger partial charge in [0.15, 0.2) is 5.69 Å². The van der Waals surface area contributed by atoms with Crippen LogP contribution in [0, 0.1) is 6.92 Å². The van der Waals surface area contributed by atoms with Gasteiger partial charge >= 0.3 is 0 Å². The van der Waals surface area contributed by atoms with Crippen LogP contribution in [0.2, 0.25) is 0 Å². The molecule has 5 heteroatoms. The van der Waals surface area contributed by atoms with E-state index in [1.807, 2.05) is 9.58 Å². The first-order valence-corrected chi connectivity index (χ1v) is 8.84. The molecule has 2 aromatic rings. The van der Waals surface area contributed by atoms with Gasteiger partial charge in [-0.25, -0.2) is 4.68 Å². The summed E-state index contributed by atoms with van der Waals surface area (Å²) in [7, 11) is 0. The number of nitrogens with one attached hydrogen (secondary N) is 1. The predicted molar refractivity (Wildman–Crippen MR) is 93.7 cm³/mol. The minimum absolute atomic E-state index is 0.0908. The Morgan fingerprint density at radius 1 is 1.25 bits per heavy atom. The summed E-state index contributed by atoms with van der Waals surface area (Å²) < 4.78 is 1.99. The van der Waals surface area contributed by atoms with Gasteiger partial charge < -0.3 is 10.2 Å². The molecule has 126 valence electrons. The molecular formula is C19H24N4O. The lowest BCUT2D eigenvalue weighted by molar-refractivity contribution is 0.0648. The fourth-order valence-electron chi connectivity index (χ4n) is 3.79. The lowest BCUT2D eigenvalue weighted by atomic mass is 10.1. The summed E-state index contributed by atoms with van der Waals surface area (Å²) in [4.78, 5) is 15.1. The highest BCUT2D eigenvalue weighted by Crippen LogP contribution is 2.29. The van der Waals surface area contributed by atoms with Crippen molar-refractivity contribution in [2.75, 3.05) is 19.6 Å². The Morgan fingerprint density at radius 3 is 2.79 bits per heavy atom. The molecule has 1 aromatic heterocycles. The lowest BCUT2D eigenvalue weighted by Gasteiger charge is -2.33. The van der Waals surface area contributed by atoms with Crippen molar-refractivity contribution in [2.24, 2.45) is 0 Å². The number of hydrogen-bond donors (Lipinski definition) is 1. The molecule has 24 heavy (non-hydrogen) atoms. The minimum atomic E-state index is 0.0908. The Morgan fingerprint density at radius 2 is 2.04 bits per heavy atom. The number of piperazine rings is 1. The highest BCUT2D eigenvalue weighted by atomic mass is 16.2. The number of rotatable bonds is 2. The summed E-state index contributed by atoms with van der Waals surface area (Å²) >= 11 is 0. The van der Waals surface area contributed by atoms with Crippen molar-refractivity contribution in [1.82, 2.24) is 20.0 Å². The van der Waals surface area contributed by atoms with Crippen LogP contribution in [0.25, 0.3) is 5.69 Å². The van der Waals surface area contributed by atoms with Gasteiger partial charge in [-0.05, 0) is 45.2 Å². The third kappa shape index (κ3) is 2.53. The average Bonchev–Trinajstić information content (AvgIpc) is 3.18. The van der Waals surface area contributed by atoms with Gasteiger partial charge in [-0.1, -0.05) is 17.7 Å². The van der Waals surface area contributed by atoms with Gasteiger partial charge in [0.05, 0.1) is 5.69 Å². The lowest BCUT2D eigenvalue weighted by Crippen LogP contribution is -2.52. The first kappa shape index (κ1) is 15.4. The molecule has 0 spiro atoms. The first-order chi connectivity index (χ1) is 11.6. The molecule has 1 saturated heterocycles. The number of nitrogens with zero attached hydrogens (tertiary/aromatic N) is 3. The number of aryl methyl sites for hydroxylation is 1. The summed E-state index contributed by atoms with van der Waals surface area (Å²) in [6.07, 6.45) is 3.07. The van der Waals surface area contributed by atoms with E-state index in [0.717, 1.165) is 50.1 Å². The predicted octanol–water partition coefficient (Wildman–Crippen LogP) is 2.10. The van der Waals surface area contributed by atoms with Crippen LogP contribution in [0.5, 0.6) is 0 Å². The second-order valence-corrected chi connectivity index (χ2v) is 6.93. The topological polar surface area (TPSA) is 50.2 Å². The van der Waals surface area contributed by atoms with E-state index in [0.29, 0.717) is 5.69 Å². The van der Waals surface area contributed by atoms with Crippen molar-refractivity contribution in [1.29, 1.82) is 0 Å². The molecule has 1 aliphatic carbocycles. The fourth-order valence-corrected chi connectivity index (χ4v) is 3.79. The molecule has 0 radical (unpaired) electrons. The Kier molecular flexibility index (Phi) is 3.88. The normalized spacial score (nSPS) is 20.2. The Balaban J connectivity index is 1.73. The van der Waals surface area contributed by atoms with Crippen LogP contribution in [-0.2, 0) is 12.8 Å². The van der Waals surface area contributed by atoms with Gasteiger partial charge in [-0.3, -0.25) is 4.79 Å². The maximum Gasteiger partial charge on any atom is 0.274 e. The highest BCUT2D eigenvalue weighted by Gasteiger charge is 2.32. The van der Waals surface area contributed by atoms with E-state index in [4.69, 9.17) is 5.10 Å². The van der Waals surface area contributed by atoms with Crippen LogP contribution in [-0.4, -0.2) is 46.3 Å². The molecule has 1 atom stereocenters. The van der Waals surface area contributed by atoms with E-state index in [1.165, 1.54) is 11.3 Å². The van der Waals surface area contributed by atoms with Gasteiger partial charge in [0, 0.05) is 36.9 Å². The fraction of sp³-hybridized carbons (Fsp3) is 0.474. The van der Waals surface area contributed by atoms with Crippen LogP contribution in [0.3, 0.4) is 0 Å². The number of amides is 1. The number of benzene rings is 1. The minimum Gasteiger partial charge on any atom is -0.332 e. The molecule has 2 heterocycles. The molecule has 2 aliphatic rings. The van der Waals surface area contributed by atoms with E-state index in [9.17, 15) is 4.79 Å². The molecule has 0 unspecified atom stereocenters. The molecule has 1 aromatic carbocycles. The third-order valence-corrected chi connectivity index (χ3v) is 5.17. The molecule has 5 nitrogen and oxygen atoms in total. The van der Waals surface area contributed by atoms with Crippen molar-refractivity contribution in [3.05, 3.63) is 46.8 Å². The number of hydrogen-bond acceptors (Lipinski definition) is 3. The van der Waals surface area contributed by atoms with E-state index in [1.54, 1.807) is 0 Å². The Bertz CT molecular complexity index is 762. The van der Waals surface area contributed by atoms with Crippen LogP contribution in [0.4, 0.5) is 0 Å². The van der Waals surface area contributed by atoms with Gasteiger partial charge in [0.1, 0.15) is 0 Å². The molecule has 1 N–H and O–H groups in total. The molecule has 1 amide bonds. The molecule has 1 aliphatic heterocycles. The standard InChI is InChI=1S/C19H24N4O/c1-13-6-8-15(9-7-13)23-17-5-3-4-16(17)18(21-23)19(24)22-11-10-20-12-14(22)2/h6-9,14,20H,3-5,10-12H2,1-2H3/t14-/m0/s1. The quantitative estimate of drug-likeness (QED) is 0.920. The number of fused-ring (bicyclic) bond motifs is 1. The molecule has 1 fully saturated rings. The zero-order valence-corrected chi connectivity index (χ0v) is 14.4. The molecule has 4 rings (SSSR count). The Hall–Kier alpha value is -2.14. The second-order valence-electron chi connectivity index (χ2n) is 6.93. The largest absolute Gasteiger partial charge is 0.332 e. The zero-order valence-electron chi connectivity index (χ0n) is 14.4. The van der Waals surface area contributed by atoms with Crippen LogP contribution >= 0.6 is 0 Å². The smallest absolute Gasteiger partial charge is 0.274 e. The maximum atomic E-state index is 13.1. The highest BCUT2D eigenvalue weighted by molar-refractivity contribution is 5.94. The van der Waals surface area contributed by atoms with Gasteiger partial charge in [0.2, 0.25) is 0 Å². The summed E-state index contributed by atoms with van der Waals surface area (Å²) in [6, 6.07) is 8.58. The molecule has 0 saturated carbocycles. The number of carbonyl (C=O) groups excluding carboxylic acids is 1. The summed E-state index contributed by atoms with van der Waals surface area (Å²) in [5.41, 5.74) is 5.31. The number of aromatic nitrogens is 2. The maximum absolute atomic E-state index is 13.1. The first-order valence-electron chi connectivity index (χ1n) is 8.84. The van der Waals surface area contributed by atoms with E-state index >= 15 is 0 Å². The van der Waals surface area contributed by atoms with Crippen molar-refractivity contribution >= 4 is 5.91 Å². The van der Waals surface area contributed by atoms with Gasteiger partial charge in [0.25, 0.3) is 5.91 Å². The van der Waals surface area contributed by atoms with Crippen LogP contribution in [0.15, 0.2) is 24.3 Å². The number of carbonyl (C=O) groups is 1. The second kappa shape index (κ2) is 6.06. The zero-order chi connectivity index (χ0) is 16.7. The summed E-state index contributed by atoms with van der Waals surface area (Å²) in [6.45, 7) is 6.65. The van der Waals surface area contributed by atoms with E-state index < -0.39 is 0 Å². The van der Waals surface area contributed by atoms with Crippen molar-refractivity contribution in [3.63, 3.8) is 0 Å². The summed E-state index contributed by atoms with van der Waals surface area (Å²) in [5.74, 6) is 0.0908. The van der Waals surface area contributed by atoms with E-state index in [2.05, 4.69) is 43.4 Å². The van der Waals surface area contributed by atoms with E-state index in [-0.39, 0.29) is 11.9 Å². The third-order valence-electron chi connectivity index (χ3n) is 5.17. The molecular weight excluding hydrogens is 300 g/mol. The Labute approximate surface area is 142 Å². The molecule has 0 bridgehead atoms. The average molecular weight is 324 g/mol. The van der Waals surface area contributed by atoms with Crippen molar-refractivity contribution in [2.45, 2.75) is 39.2 Å². The van der Waals surface area contributed by atoms with Gasteiger partial charge in [-0.2, -0.15) is 5.10 Å². The monoisotopic (exact) mass is 324 g/mol. The van der Waals surface area contributed by atoms with Crippen LogP contribution in [0.1, 0.15) is 40.7 Å². The van der Waals surface area contributed by atoms with Crippen molar-refractivity contribution < 1.29 is 4.79 Å². The summed E-state index contributed by atoms with van der Waals surface area (Å²) in [5, 5.41) is 8.09. The van der Waals surface area contributed by atoms with Crippen LogP contribution < -0.4 is 5.32 Å².